The largest absolute Gasteiger partial charge is 0.494 e. The van der Waals surface area contributed by atoms with Gasteiger partial charge in [-0.25, -0.2) is 4.39 Å². The number of rotatable bonds is 5. The summed E-state index contributed by atoms with van der Waals surface area (Å²) in [6, 6.07) is 7.20. The Morgan fingerprint density at radius 2 is 2.22 bits per heavy atom. The number of thiophene rings is 1. The van der Waals surface area contributed by atoms with Crippen LogP contribution >= 0.6 is 11.3 Å². The van der Waals surface area contributed by atoms with Crippen molar-refractivity contribution in [2.24, 2.45) is 0 Å². The van der Waals surface area contributed by atoms with E-state index in [0.717, 1.165) is 12.1 Å². The summed E-state index contributed by atoms with van der Waals surface area (Å²) in [6.45, 7) is 2.86. The summed E-state index contributed by atoms with van der Waals surface area (Å²) in [4.78, 5) is 0. The van der Waals surface area contributed by atoms with Crippen molar-refractivity contribution in [3.8, 4) is 5.75 Å². The first-order valence-corrected chi connectivity index (χ1v) is 6.73. The average molecular weight is 265 g/mol. The molecule has 1 heterocycles. The molecular formula is C14H16FNOS. The Morgan fingerprint density at radius 1 is 1.39 bits per heavy atom. The minimum atomic E-state index is -0.328. The summed E-state index contributed by atoms with van der Waals surface area (Å²) in [5, 5.41) is 7.57. The fourth-order valence-electron chi connectivity index (χ4n) is 1.73. The van der Waals surface area contributed by atoms with E-state index in [2.05, 4.69) is 29.1 Å². The first kappa shape index (κ1) is 13.1. The lowest BCUT2D eigenvalue weighted by molar-refractivity contribution is 0.385. The molecule has 2 nitrogen and oxygen atoms in total. The summed E-state index contributed by atoms with van der Waals surface area (Å²) in [5.74, 6) is -0.0389. The highest BCUT2D eigenvalue weighted by Gasteiger charge is 2.09. The molecule has 0 spiro atoms. The van der Waals surface area contributed by atoms with Crippen LogP contribution in [0.25, 0.3) is 0 Å². The van der Waals surface area contributed by atoms with E-state index < -0.39 is 0 Å². The van der Waals surface area contributed by atoms with Crippen molar-refractivity contribution < 1.29 is 9.13 Å². The van der Waals surface area contributed by atoms with Gasteiger partial charge >= 0.3 is 0 Å². The molecule has 2 aromatic rings. The number of hydrogen-bond donors (Lipinski definition) is 1. The Hall–Kier alpha value is -1.39. The second kappa shape index (κ2) is 5.98. The normalized spacial score (nSPS) is 12.4. The van der Waals surface area contributed by atoms with Gasteiger partial charge in [0, 0.05) is 12.6 Å². The van der Waals surface area contributed by atoms with Crippen LogP contribution in [0.5, 0.6) is 5.75 Å². The second-order valence-electron chi connectivity index (χ2n) is 4.13. The van der Waals surface area contributed by atoms with Gasteiger partial charge in [0.05, 0.1) is 7.11 Å². The Kier molecular flexibility index (Phi) is 4.33. The predicted octanol–water partition coefficient (Wildman–Crippen LogP) is 3.75. The van der Waals surface area contributed by atoms with Gasteiger partial charge in [0.1, 0.15) is 0 Å². The fourth-order valence-corrected chi connectivity index (χ4v) is 2.40. The zero-order valence-electron chi connectivity index (χ0n) is 10.4. The second-order valence-corrected chi connectivity index (χ2v) is 4.91. The van der Waals surface area contributed by atoms with Crippen LogP contribution in [0.2, 0.25) is 0 Å². The van der Waals surface area contributed by atoms with Crippen LogP contribution in [0.4, 0.5) is 4.39 Å². The van der Waals surface area contributed by atoms with Crippen LogP contribution in [0.15, 0.2) is 35.0 Å². The zero-order chi connectivity index (χ0) is 13.0. The van der Waals surface area contributed by atoms with Gasteiger partial charge in [-0.2, -0.15) is 11.3 Å². The first-order chi connectivity index (χ1) is 8.70. The highest BCUT2D eigenvalue weighted by atomic mass is 32.1. The van der Waals surface area contributed by atoms with Crippen molar-refractivity contribution in [1.29, 1.82) is 0 Å². The SMILES string of the molecule is COc1cc(C(C)NCc2ccsc2)ccc1F. The Morgan fingerprint density at radius 3 is 2.89 bits per heavy atom. The highest BCUT2D eigenvalue weighted by Crippen LogP contribution is 2.22. The van der Waals surface area contributed by atoms with Gasteiger partial charge in [-0.1, -0.05) is 6.07 Å². The maximum Gasteiger partial charge on any atom is 0.165 e. The lowest BCUT2D eigenvalue weighted by atomic mass is 10.1. The van der Waals surface area contributed by atoms with E-state index in [-0.39, 0.29) is 17.6 Å². The number of benzene rings is 1. The van der Waals surface area contributed by atoms with E-state index >= 15 is 0 Å². The predicted molar refractivity (Wildman–Crippen MR) is 72.5 cm³/mol. The topological polar surface area (TPSA) is 21.3 Å². The van der Waals surface area contributed by atoms with Crippen molar-refractivity contribution in [3.05, 3.63) is 52.0 Å². The molecule has 1 atom stereocenters. The first-order valence-electron chi connectivity index (χ1n) is 5.78. The van der Waals surface area contributed by atoms with Crippen LogP contribution in [0, 0.1) is 5.82 Å². The zero-order valence-corrected chi connectivity index (χ0v) is 11.3. The third kappa shape index (κ3) is 3.09. The summed E-state index contributed by atoms with van der Waals surface area (Å²) in [7, 11) is 1.48. The Balaban J connectivity index is 2.02. The molecule has 0 radical (unpaired) electrons. The molecule has 0 saturated heterocycles. The van der Waals surface area contributed by atoms with E-state index in [1.165, 1.54) is 18.7 Å². The van der Waals surface area contributed by atoms with E-state index in [4.69, 9.17) is 4.74 Å². The molecule has 1 unspecified atom stereocenters. The molecular weight excluding hydrogens is 249 g/mol. The van der Waals surface area contributed by atoms with E-state index in [9.17, 15) is 4.39 Å². The summed E-state index contributed by atoms with van der Waals surface area (Å²) >= 11 is 1.69. The van der Waals surface area contributed by atoms with Gasteiger partial charge in [0.2, 0.25) is 0 Å². The molecule has 1 aromatic heterocycles. The van der Waals surface area contributed by atoms with Crippen molar-refractivity contribution in [2.45, 2.75) is 19.5 Å². The summed E-state index contributed by atoms with van der Waals surface area (Å²) in [5.41, 5.74) is 2.28. The molecule has 0 amide bonds. The summed E-state index contributed by atoms with van der Waals surface area (Å²) < 4.78 is 18.3. The molecule has 0 bridgehead atoms. The van der Waals surface area contributed by atoms with Crippen molar-refractivity contribution in [3.63, 3.8) is 0 Å². The molecule has 96 valence electrons. The van der Waals surface area contributed by atoms with Crippen molar-refractivity contribution >= 4 is 11.3 Å². The smallest absolute Gasteiger partial charge is 0.165 e. The highest BCUT2D eigenvalue weighted by molar-refractivity contribution is 7.07. The number of ether oxygens (including phenoxy) is 1. The molecule has 0 fully saturated rings. The molecule has 0 aliphatic rings. The molecule has 0 aliphatic heterocycles. The summed E-state index contributed by atoms with van der Waals surface area (Å²) in [6.07, 6.45) is 0. The minimum absolute atomic E-state index is 0.152. The van der Waals surface area contributed by atoms with Crippen LogP contribution in [0.3, 0.4) is 0 Å². The van der Waals surface area contributed by atoms with Gasteiger partial charge in [0.15, 0.2) is 11.6 Å². The lowest BCUT2D eigenvalue weighted by Crippen LogP contribution is -2.17. The van der Waals surface area contributed by atoms with Gasteiger partial charge in [-0.15, -0.1) is 0 Å². The van der Waals surface area contributed by atoms with Crippen LogP contribution in [0.1, 0.15) is 24.1 Å². The maximum atomic E-state index is 13.3. The molecule has 1 aromatic carbocycles. The Bertz CT molecular complexity index is 499. The van der Waals surface area contributed by atoms with Crippen molar-refractivity contribution in [1.82, 2.24) is 5.32 Å². The number of halogens is 1. The van der Waals surface area contributed by atoms with E-state index in [0.29, 0.717) is 0 Å². The average Bonchev–Trinajstić information content (AvgIpc) is 2.89. The van der Waals surface area contributed by atoms with Crippen LogP contribution in [-0.4, -0.2) is 7.11 Å². The maximum absolute atomic E-state index is 13.3. The van der Waals surface area contributed by atoms with Crippen LogP contribution < -0.4 is 10.1 Å². The number of methoxy groups -OCH3 is 1. The third-order valence-electron chi connectivity index (χ3n) is 2.87. The molecule has 0 saturated carbocycles. The minimum Gasteiger partial charge on any atom is -0.494 e. The monoisotopic (exact) mass is 265 g/mol. The third-order valence-corrected chi connectivity index (χ3v) is 3.60. The van der Waals surface area contributed by atoms with Gasteiger partial charge < -0.3 is 10.1 Å². The molecule has 4 heteroatoms. The molecule has 18 heavy (non-hydrogen) atoms. The van der Waals surface area contributed by atoms with Crippen molar-refractivity contribution in [2.75, 3.05) is 7.11 Å². The number of hydrogen-bond acceptors (Lipinski definition) is 3. The molecule has 1 N–H and O–H groups in total. The van der Waals surface area contributed by atoms with Gasteiger partial charge in [0.25, 0.3) is 0 Å². The fraction of sp³-hybridized carbons (Fsp3) is 0.286. The quantitative estimate of drug-likeness (QED) is 0.889. The standard InChI is InChI=1S/C14H16FNOS/c1-10(16-8-11-5-6-18-9-11)12-3-4-13(15)14(7-12)17-2/h3-7,9-10,16H,8H2,1-2H3. The Labute approximate surface area is 110 Å². The van der Waals surface area contributed by atoms with E-state index in [1.807, 2.05) is 0 Å². The molecule has 2 rings (SSSR count). The lowest BCUT2D eigenvalue weighted by Gasteiger charge is -2.15. The van der Waals surface area contributed by atoms with Gasteiger partial charge in [-0.05, 0) is 47.0 Å². The van der Waals surface area contributed by atoms with E-state index in [1.54, 1.807) is 23.5 Å². The van der Waals surface area contributed by atoms with Gasteiger partial charge in [-0.3, -0.25) is 0 Å². The molecule has 0 aliphatic carbocycles. The number of nitrogens with one attached hydrogen (secondary N) is 1. The van der Waals surface area contributed by atoms with Crippen LogP contribution in [-0.2, 0) is 6.54 Å².